The quantitative estimate of drug-likeness (QED) is 0.801. The van der Waals surface area contributed by atoms with Crippen molar-refractivity contribution in [3.05, 3.63) is 11.7 Å². The molecule has 1 aliphatic heterocycles. The summed E-state index contributed by atoms with van der Waals surface area (Å²) in [5.41, 5.74) is 5.38. The Labute approximate surface area is 102 Å². The third-order valence-electron chi connectivity index (χ3n) is 3.00. The Morgan fingerprint density at radius 1 is 1.29 bits per heavy atom. The highest BCUT2D eigenvalue weighted by molar-refractivity contribution is 4.99. The van der Waals surface area contributed by atoms with Crippen molar-refractivity contribution in [1.29, 1.82) is 0 Å². The van der Waals surface area contributed by atoms with Crippen LogP contribution >= 0.6 is 0 Å². The maximum Gasteiger partial charge on any atom is 0.240 e. The van der Waals surface area contributed by atoms with Crippen LogP contribution in [0.3, 0.4) is 0 Å². The van der Waals surface area contributed by atoms with E-state index in [0.29, 0.717) is 11.7 Å². The van der Waals surface area contributed by atoms with Crippen molar-refractivity contribution in [1.82, 2.24) is 19.9 Å². The summed E-state index contributed by atoms with van der Waals surface area (Å²) in [6.07, 6.45) is 0. The molecule has 0 amide bonds. The maximum atomic E-state index is 5.92. The van der Waals surface area contributed by atoms with Crippen LogP contribution in [0.15, 0.2) is 4.52 Å². The molecule has 0 aromatic carbocycles. The number of rotatable bonds is 3. The van der Waals surface area contributed by atoms with Crippen molar-refractivity contribution in [2.45, 2.75) is 25.9 Å². The Balaban J connectivity index is 1.93. The van der Waals surface area contributed by atoms with Gasteiger partial charge in [-0.2, -0.15) is 4.98 Å². The first-order valence-corrected chi connectivity index (χ1v) is 5.98. The molecule has 0 saturated carbocycles. The van der Waals surface area contributed by atoms with Gasteiger partial charge in [0.15, 0.2) is 5.82 Å². The first-order valence-electron chi connectivity index (χ1n) is 5.98. The van der Waals surface area contributed by atoms with E-state index in [1.54, 1.807) is 0 Å². The minimum absolute atomic E-state index is 0.538. The van der Waals surface area contributed by atoms with Gasteiger partial charge in [-0.1, -0.05) is 5.16 Å². The SMILES string of the molecule is CN1CCN(Cc2nc(C(C)(C)N)no2)CC1. The second-order valence-electron chi connectivity index (χ2n) is 5.31. The van der Waals surface area contributed by atoms with Crippen molar-refractivity contribution < 1.29 is 4.52 Å². The van der Waals surface area contributed by atoms with Crippen LogP contribution in [0.5, 0.6) is 0 Å². The van der Waals surface area contributed by atoms with Crippen molar-refractivity contribution in [3.8, 4) is 0 Å². The number of nitrogens with two attached hydrogens (primary N) is 1. The van der Waals surface area contributed by atoms with Gasteiger partial charge in [-0.25, -0.2) is 0 Å². The first-order chi connectivity index (χ1) is 7.95. The van der Waals surface area contributed by atoms with Gasteiger partial charge >= 0.3 is 0 Å². The zero-order valence-electron chi connectivity index (χ0n) is 10.8. The van der Waals surface area contributed by atoms with E-state index < -0.39 is 5.54 Å². The number of hydrogen-bond donors (Lipinski definition) is 1. The lowest BCUT2D eigenvalue weighted by Gasteiger charge is -2.31. The Bertz CT molecular complexity index is 362. The van der Waals surface area contributed by atoms with Crippen LogP contribution in [0.4, 0.5) is 0 Å². The molecule has 0 atom stereocenters. The zero-order chi connectivity index (χ0) is 12.5. The van der Waals surface area contributed by atoms with Gasteiger partial charge in [0.05, 0.1) is 12.1 Å². The molecule has 17 heavy (non-hydrogen) atoms. The second kappa shape index (κ2) is 4.72. The number of nitrogens with zero attached hydrogens (tertiary/aromatic N) is 4. The normalized spacial score (nSPS) is 19.8. The predicted molar refractivity (Wildman–Crippen MR) is 64.3 cm³/mol. The summed E-state index contributed by atoms with van der Waals surface area (Å²) in [5, 5.41) is 3.92. The average molecular weight is 239 g/mol. The van der Waals surface area contributed by atoms with E-state index in [9.17, 15) is 0 Å². The molecule has 0 radical (unpaired) electrons. The molecule has 0 unspecified atom stereocenters. The van der Waals surface area contributed by atoms with Crippen LogP contribution in [0, 0.1) is 0 Å². The van der Waals surface area contributed by atoms with Gasteiger partial charge in [-0.3, -0.25) is 4.90 Å². The molecule has 0 aliphatic carbocycles. The molecule has 0 bridgehead atoms. The van der Waals surface area contributed by atoms with Gasteiger partial charge in [-0.05, 0) is 20.9 Å². The number of aromatic nitrogens is 2. The molecule has 1 aromatic rings. The van der Waals surface area contributed by atoms with Crippen LogP contribution in [0.25, 0.3) is 0 Å². The van der Waals surface area contributed by atoms with Gasteiger partial charge in [0.1, 0.15) is 0 Å². The minimum atomic E-state index is -0.538. The Morgan fingerprint density at radius 3 is 2.47 bits per heavy atom. The van der Waals surface area contributed by atoms with E-state index in [1.807, 2.05) is 13.8 Å². The zero-order valence-corrected chi connectivity index (χ0v) is 10.8. The molecule has 2 N–H and O–H groups in total. The molecule has 1 aliphatic rings. The second-order valence-corrected chi connectivity index (χ2v) is 5.31. The lowest BCUT2D eigenvalue weighted by atomic mass is 10.1. The molecule has 2 rings (SSSR count). The van der Waals surface area contributed by atoms with E-state index in [-0.39, 0.29) is 0 Å². The summed E-state index contributed by atoms with van der Waals surface area (Å²) < 4.78 is 5.22. The summed E-state index contributed by atoms with van der Waals surface area (Å²) in [6.45, 7) is 8.72. The van der Waals surface area contributed by atoms with E-state index in [4.69, 9.17) is 10.3 Å². The monoisotopic (exact) mass is 239 g/mol. The van der Waals surface area contributed by atoms with Crippen LogP contribution in [-0.4, -0.2) is 53.2 Å². The van der Waals surface area contributed by atoms with E-state index >= 15 is 0 Å². The molecular weight excluding hydrogens is 218 g/mol. The number of hydrogen-bond acceptors (Lipinski definition) is 6. The van der Waals surface area contributed by atoms with Gasteiger partial charge < -0.3 is 15.2 Å². The molecule has 6 heteroatoms. The van der Waals surface area contributed by atoms with Crippen molar-refractivity contribution in [2.75, 3.05) is 33.2 Å². The third kappa shape index (κ3) is 3.24. The topological polar surface area (TPSA) is 71.4 Å². The fraction of sp³-hybridized carbons (Fsp3) is 0.818. The summed E-state index contributed by atoms with van der Waals surface area (Å²) >= 11 is 0. The fourth-order valence-corrected chi connectivity index (χ4v) is 1.78. The molecule has 2 heterocycles. The third-order valence-corrected chi connectivity index (χ3v) is 3.00. The lowest BCUT2D eigenvalue weighted by Crippen LogP contribution is -2.43. The molecule has 96 valence electrons. The highest BCUT2D eigenvalue weighted by Crippen LogP contribution is 2.14. The summed E-state index contributed by atoms with van der Waals surface area (Å²) in [7, 11) is 2.14. The molecule has 0 spiro atoms. The Morgan fingerprint density at radius 2 is 1.94 bits per heavy atom. The molecule has 6 nitrogen and oxygen atoms in total. The van der Waals surface area contributed by atoms with Gasteiger partial charge in [0.25, 0.3) is 0 Å². The Kier molecular flexibility index (Phi) is 3.46. The van der Waals surface area contributed by atoms with Crippen molar-refractivity contribution in [2.24, 2.45) is 5.73 Å². The molecular formula is C11H21N5O. The summed E-state index contributed by atoms with van der Waals surface area (Å²) in [6, 6.07) is 0. The minimum Gasteiger partial charge on any atom is -0.338 e. The largest absolute Gasteiger partial charge is 0.338 e. The average Bonchev–Trinajstić information content (AvgIpc) is 2.69. The maximum absolute atomic E-state index is 5.92. The van der Waals surface area contributed by atoms with Crippen LogP contribution in [0.2, 0.25) is 0 Å². The van der Waals surface area contributed by atoms with Gasteiger partial charge in [0, 0.05) is 26.2 Å². The smallest absolute Gasteiger partial charge is 0.240 e. The Hall–Kier alpha value is -0.980. The predicted octanol–water partition coefficient (Wildman–Crippen LogP) is 0.0108. The fourth-order valence-electron chi connectivity index (χ4n) is 1.78. The van der Waals surface area contributed by atoms with Gasteiger partial charge in [-0.15, -0.1) is 0 Å². The summed E-state index contributed by atoms with van der Waals surface area (Å²) in [5.74, 6) is 1.23. The van der Waals surface area contributed by atoms with Crippen molar-refractivity contribution >= 4 is 0 Å². The molecule has 1 saturated heterocycles. The van der Waals surface area contributed by atoms with Crippen LogP contribution in [-0.2, 0) is 12.1 Å². The highest BCUT2D eigenvalue weighted by Gasteiger charge is 2.23. The number of piperazine rings is 1. The molecule has 1 fully saturated rings. The number of likely N-dealkylation sites (N-methyl/N-ethyl adjacent to an activating group) is 1. The van der Waals surface area contributed by atoms with Crippen LogP contribution in [0.1, 0.15) is 25.6 Å². The van der Waals surface area contributed by atoms with E-state index in [2.05, 4.69) is 27.0 Å². The van der Waals surface area contributed by atoms with Gasteiger partial charge in [0.2, 0.25) is 5.89 Å². The van der Waals surface area contributed by atoms with E-state index in [0.717, 1.165) is 32.7 Å². The standard InChI is InChI=1S/C11H21N5O/c1-11(2,12)10-13-9(17-14-10)8-16-6-4-15(3)5-7-16/h4-8,12H2,1-3H3. The molecule has 1 aromatic heterocycles. The van der Waals surface area contributed by atoms with Crippen molar-refractivity contribution in [3.63, 3.8) is 0 Å². The van der Waals surface area contributed by atoms with E-state index in [1.165, 1.54) is 0 Å². The first kappa shape index (κ1) is 12.5. The highest BCUT2D eigenvalue weighted by atomic mass is 16.5. The van der Waals surface area contributed by atoms with Crippen LogP contribution < -0.4 is 5.73 Å². The summed E-state index contributed by atoms with van der Waals surface area (Å²) in [4.78, 5) is 8.98. The lowest BCUT2D eigenvalue weighted by molar-refractivity contribution is 0.135.